The predicted molar refractivity (Wildman–Crippen MR) is 137 cm³/mol. The minimum Gasteiger partial charge on any atom is -0.497 e. The van der Waals surface area contributed by atoms with Crippen LogP contribution >= 0.6 is 0 Å². The minimum absolute atomic E-state index is 0.0380. The average Bonchev–Trinajstić information content (AvgIpc) is 3.58. The number of likely N-dealkylation sites (tertiary alicyclic amines) is 2. The standard InChI is InChI=1S/C28H38N4O2/c1-30(27(33)26-21-22-20-24(34-2)10-11-25(22)29-26)18-19-31-16-12-28(13-17-31,32-14-6-7-15-32)23-8-4-3-5-9-23/h4,8-11,20-21,29H,3,5-7,12-19H2,1-2H3. The number of amides is 1. The third kappa shape index (κ3) is 4.53. The molecule has 6 heteroatoms. The van der Waals surface area contributed by atoms with Gasteiger partial charge < -0.3 is 19.5 Å². The van der Waals surface area contributed by atoms with Crippen LogP contribution < -0.4 is 4.74 Å². The molecule has 5 rings (SSSR count). The van der Waals surface area contributed by atoms with Gasteiger partial charge in [-0.15, -0.1) is 0 Å². The second kappa shape index (κ2) is 9.96. The maximum absolute atomic E-state index is 13.0. The summed E-state index contributed by atoms with van der Waals surface area (Å²) in [5, 5.41) is 0.997. The quantitative estimate of drug-likeness (QED) is 0.660. The Balaban J connectivity index is 1.19. The van der Waals surface area contributed by atoms with E-state index in [1.54, 1.807) is 12.7 Å². The van der Waals surface area contributed by atoms with Crippen molar-refractivity contribution >= 4 is 16.8 Å². The molecule has 3 aliphatic rings. The molecule has 1 N–H and O–H groups in total. The number of fused-ring (bicyclic) bond motifs is 1. The summed E-state index contributed by atoms with van der Waals surface area (Å²) >= 11 is 0. The number of hydrogen-bond acceptors (Lipinski definition) is 4. The molecular formula is C28H38N4O2. The van der Waals surface area contributed by atoms with Crippen molar-refractivity contribution in [2.75, 3.05) is 53.4 Å². The fourth-order valence-electron chi connectivity index (χ4n) is 5.99. The van der Waals surface area contributed by atoms with Crippen molar-refractivity contribution in [3.63, 3.8) is 0 Å². The zero-order valence-corrected chi connectivity index (χ0v) is 20.7. The molecule has 2 fully saturated rings. The van der Waals surface area contributed by atoms with E-state index in [9.17, 15) is 4.79 Å². The molecule has 2 saturated heterocycles. The predicted octanol–water partition coefficient (Wildman–Crippen LogP) is 4.46. The van der Waals surface area contributed by atoms with Crippen molar-refractivity contribution in [3.05, 3.63) is 53.8 Å². The second-order valence-corrected chi connectivity index (χ2v) is 10.1. The summed E-state index contributed by atoms with van der Waals surface area (Å²) in [6.07, 6.45) is 14.6. The van der Waals surface area contributed by atoms with Crippen LogP contribution in [0.5, 0.6) is 5.75 Å². The van der Waals surface area contributed by atoms with E-state index in [1.807, 2.05) is 36.2 Å². The third-order valence-electron chi connectivity index (χ3n) is 8.08. The number of hydrogen-bond donors (Lipinski definition) is 1. The lowest BCUT2D eigenvalue weighted by molar-refractivity contribution is 0.0588. The van der Waals surface area contributed by atoms with E-state index in [4.69, 9.17) is 4.74 Å². The zero-order chi connectivity index (χ0) is 23.5. The first kappa shape index (κ1) is 23.2. The molecule has 0 unspecified atom stereocenters. The highest BCUT2D eigenvalue weighted by molar-refractivity contribution is 5.98. The van der Waals surface area contributed by atoms with Crippen LogP contribution in [0.15, 0.2) is 48.1 Å². The van der Waals surface area contributed by atoms with E-state index in [0.717, 1.165) is 42.8 Å². The van der Waals surface area contributed by atoms with Gasteiger partial charge in [-0.2, -0.15) is 0 Å². The highest BCUT2D eigenvalue weighted by Gasteiger charge is 2.42. The van der Waals surface area contributed by atoms with Gasteiger partial charge in [0.15, 0.2) is 0 Å². The molecule has 0 saturated carbocycles. The molecule has 2 aliphatic heterocycles. The van der Waals surface area contributed by atoms with Gasteiger partial charge in [-0.25, -0.2) is 0 Å². The summed E-state index contributed by atoms with van der Waals surface area (Å²) < 4.78 is 5.31. The Kier molecular flexibility index (Phi) is 6.79. The Morgan fingerprint density at radius 1 is 1.12 bits per heavy atom. The number of carbonyl (C=O) groups excluding carboxylic acids is 1. The van der Waals surface area contributed by atoms with Crippen molar-refractivity contribution in [2.24, 2.45) is 0 Å². The zero-order valence-electron chi connectivity index (χ0n) is 20.7. The Hall–Kier alpha value is -2.57. The number of nitrogens with one attached hydrogen (secondary N) is 1. The van der Waals surface area contributed by atoms with Crippen LogP contribution in [-0.4, -0.2) is 84.6 Å². The fraction of sp³-hybridized carbons (Fsp3) is 0.536. The van der Waals surface area contributed by atoms with Crippen LogP contribution in [-0.2, 0) is 0 Å². The Labute approximate surface area is 203 Å². The molecule has 1 aromatic heterocycles. The molecule has 3 heterocycles. The smallest absolute Gasteiger partial charge is 0.270 e. The number of aromatic amines is 1. The van der Waals surface area contributed by atoms with Crippen molar-refractivity contribution < 1.29 is 9.53 Å². The van der Waals surface area contributed by atoms with E-state index in [2.05, 4.69) is 33.0 Å². The Morgan fingerprint density at radius 3 is 2.62 bits per heavy atom. The number of aromatic nitrogens is 1. The van der Waals surface area contributed by atoms with E-state index < -0.39 is 0 Å². The van der Waals surface area contributed by atoms with Crippen molar-refractivity contribution in [3.8, 4) is 5.75 Å². The molecule has 0 bridgehead atoms. The summed E-state index contributed by atoms with van der Waals surface area (Å²) in [4.78, 5) is 23.5. The number of carbonyl (C=O) groups is 1. The monoisotopic (exact) mass is 462 g/mol. The number of allylic oxidation sites excluding steroid dienone is 2. The average molecular weight is 463 g/mol. The van der Waals surface area contributed by atoms with E-state index in [1.165, 1.54) is 51.6 Å². The van der Waals surface area contributed by atoms with Crippen LogP contribution in [0.2, 0.25) is 0 Å². The Morgan fingerprint density at radius 2 is 1.91 bits per heavy atom. The highest BCUT2D eigenvalue weighted by Crippen LogP contribution is 2.40. The molecule has 0 radical (unpaired) electrons. The summed E-state index contributed by atoms with van der Waals surface area (Å²) in [5.74, 6) is 0.838. The van der Waals surface area contributed by atoms with E-state index in [0.29, 0.717) is 5.69 Å². The third-order valence-corrected chi connectivity index (χ3v) is 8.08. The number of likely N-dealkylation sites (N-methyl/N-ethyl adjacent to an activating group) is 1. The van der Waals surface area contributed by atoms with Gasteiger partial charge >= 0.3 is 0 Å². The lowest BCUT2D eigenvalue weighted by Gasteiger charge is -2.49. The largest absolute Gasteiger partial charge is 0.497 e. The lowest BCUT2D eigenvalue weighted by Crippen LogP contribution is -2.56. The molecule has 6 nitrogen and oxygen atoms in total. The van der Waals surface area contributed by atoms with Crippen molar-refractivity contribution in [1.29, 1.82) is 0 Å². The molecular weight excluding hydrogens is 424 g/mol. The van der Waals surface area contributed by atoms with Gasteiger partial charge in [0.05, 0.1) is 7.11 Å². The first-order valence-electron chi connectivity index (χ1n) is 12.9. The van der Waals surface area contributed by atoms with Crippen LogP contribution in [0.25, 0.3) is 10.9 Å². The Bertz CT molecular complexity index is 1070. The molecule has 1 aromatic carbocycles. The van der Waals surface area contributed by atoms with E-state index in [-0.39, 0.29) is 11.4 Å². The van der Waals surface area contributed by atoms with Crippen LogP contribution in [0, 0.1) is 0 Å². The molecule has 34 heavy (non-hydrogen) atoms. The normalized spacial score (nSPS) is 21.1. The van der Waals surface area contributed by atoms with Gasteiger partial charge in [-0.1, -0.05) is 18.2 Å². The molecule has 0 spiro atoms. The maximum atomic E-state index is 13.0. The van der Waals surface area contributed by atoms with Crippen LogP contribution in [0.3, 0.4) is 0 Å². The molecule has 1 aliphatic carbocycles. The van der Waals surface area contributed by atoms with E-state index >= 15 is 0 Å². The van der Waals surface area contributed by atoms with Gasteiger partial charge in [0.25, 0.3) is 5.91 Å². The van der Waals surface area contributed by atoms with Gasteiger partial charge in [0.1, 0.15) is 11.4 Å². The molecule has 2 aromatic rings. The first-order valence-corrected chi connectivity index (χ1v) is 12.9. The van der Waals surface area contributed by atoms with Crippen LogP contribution in [0.4, 0.5) is 0 Å². The lowest BCUT2D eigenvalue weighted by atomic mass is 9.77. The second-order valence-electron chi connectivity index (χ2n) is 10.1. The topological polar surface area (TPSA) is 51.8 Å². The van der Waals surface area contributed by atoms with Gasteiger partial charge in [-0.05, 0) is 81.5 Å². The van der Waals surface area contributed by atoms with Crippen molar-refractivity contribution in [1.82, 2.24) is 19.7 Å². The minimum atomic E-state index is 0.0380. The first-order chi connectivity index (χ1) is 16.6. The maximum Gasteiger partial charge on any atom is 0.270 e. The fourth-order valence-corrected chi connectivity index (χ4v) is 5.99. The number of benzene rings is 1. The highest BCUT2D eigenvalue weighted by atomic mass is 16.5. The summed E-state index contributed by atoms with van der Waals surface area (Å²) in [6.45, 7) is 6.31. The van der Waals surface area contributed by atoms with Gasteiger partial charge in [0.2, 0.25) is 0 Å². The molecule has 182 valence electrons. The summed E-state index contributed by atoms with van der Waals surface area (Å²) in [6, 6.07) is 7.75. The number of H-pyrrole nitrogens is 1. The number of nitrogens with zero attached hydrogens (tertiary/aromatic N) is 3. The number of methoxy groups -OCH3 is 1. The van der Waals surface area contributed by atoms with Gasteiger partial charge in [-0.3, -0.25) is 9.69 Å². The summed E-state index contributed by atoms with van der Waals surface area (Å²) in [7, 11) is 3.57. The van der Waals surface area contributed by atoms with Crippen molar-refractivity contribution in [2.45, 2.75) is 44.1 Å². The molecule has 0 atom stereocenters. The summed E-state index contributed by atoms with van der Waals surface area (Å²) in [5.41, 5.74) is 3.37. The number of rotatable bonds is 7. The van der Waals surface area contributed by atoms with Gasteiger partial charge in [0, 0.05) is 49.7 Å². The number of piperidine rings is 1. The number of ether oxygens (including phenoxy) is 1. The van der Waals surface area contributed by atoms with Crippen LogP contribution in [0.1, 0.15) is 49.0 Å². The molecule has 1 amide bonds. The SMILES string of the molecule is COc1ccc2[nH]c(C(=O)N(C)CCN3CCC(C4=CCCC=C4)(N4CCCC4)CC3)cc2c1.